The molecule has 1 atom stereocenters. The number of ether oxygens (including phenoxy) is 3. The van der Waals surface area contributed by atoms with E-state index in [-0.39, 0.29) is 55.0 Å². The maximum Gasteiger partial charge on any atom is 0.418 e. The molecule has 0 saturated heterocycles. The van der Waals surface area contributed by atoms with Gasteiger partial charge in [0.05, 0.1) is 33.9 Å². The Hall–Kier alpha value is -2.67. The Balaban J connectivity index is 3.84. The standard InChI is InChI=1S/C22H33N2O9P/c1-9-31-34(28,32-10-2)20(23-6)18-15(13-17(26)30-8)14(11-12-16(25)29-7)19(24-18)21(27)33-22(3,4)5/h20,24H,9-13H2,1-5,7-8H3. The van der Waals surface area contributed by atoms with E-state index in [2.05, 4.69) is 9.83 Å². The topological polar surface area (TPSA) is 135 Å². The molecule has 0 spiro atoms. The molecular weight excluding hydrogens is 467 g/mol. The van der Waals surface area contributed by atoms with Crippen LogP contribution in [0.1, 0.15) is 74.1 Å². The summed E-state index contributed by atoms with van der Waals surface area (Å²) in [7, 11) is -1.62. The van der Waals surface area contributed by atoms with E-state index in [0.717, 1.165) is 0 Å². The highest BCUT2D eigenvalue weighted by molar-refractivity contribution is 7.54. The molecule has 1 N–H and O–H groups in total. The zero-order valence-corrected chi connectivity index (χ0v) is 21.6. The highest BCUT2D eigenvalue weighted by atomic mass is 31.2. The van der Waals surface area contributed by atoms with Crippen LogP contribution in [-0.2, 0) is 50.3 Å². The summed E-state index contributed by atoms with van der Waals surface area (Å²) >= 11 is 0. The summed E-state index contributed by atoms with van der Waals surface area (Å²) in [6.45, 7) is 16.0. The summed E-state index contributed by atoms with van der Waals surface area (Å²) in [5.41, 5.74) is -0.465. The van der Waals surface area contributed by atoms with Gasteiger partial charge in [-0.25, -0.2) is 11.4 Å². The summed E-state index contributed by atoms with van der Waals surface area (Å²) in [6.07, 6.45) is -0.483. The molecule has 0 aliphatic carbocycles. The predicted molar refractivity (Wildman–Crippen MR) is 122 cm³/mol. The van der Waals surface area contributed by atoms with Crippen molar-refractivity contribution in [1.29, 1.82) is 0 Å². The Morgan fingerprint density at radius 3 is 2.03 bits per heavy atom. The van der Waals surface area contributed by atoms with E-state index in [0.29, 0.717) is 0 Å². The average Bonchev–Trinajstić information content (AvgIpc) is 3.09. The van der Waals surface area contributed by atoms with Crippen LogP contribution in [0.15, 0.2) is 0 Å². The molecule has 0 fully saturated rings. The lowest BCUT2D eigenvalue weighted by Crippen LogP contribution is -2.25. The quantitative estimate of drug-likeness (QED) is 0.196. The van der Waals surface area contributed by atoms with E-state index in [1.165, 1.54) is 14.2 Å². The molecule has 0 saturated carbocycles. The van der Waals surface area contributed by atoms with Gasteiger partial charge in [-0.05, 0) is 52.2 Å². The zero-order valence-electron chi connectivity index (χ0n) is 20.7. The van der Waals surface area contributed by atoms with Crippen molar-refractivity contribution in [3.8, 4) is 0 Å². The van der Waals surface area contributed by atoms with Gasteiger partial charge < -0.3 is 28.2 Å². The van der Waals surface area contributed by atoms with Crippen molar-refractivity contribution in [3.05, 3.63) is 33.9 Å². The summed E-state index contributed by atoms with van der Waals surface area (Å²) < 4.78 is 39.2. The monoisotopic (exact) mass is 500 g/mol. The van der Waals surface area contributed by atoms with Gasteiger partial charge in [0, 0.05) is 6.42 Å². The lowest BCUT2D eigenvalue weighted by atomic mass is 10.00. The third kappa shape index (κ3) is 7.69. The maximum atomic E-state index is 13.5. The molecule has 1 aromatic heterocycles. The molecule has 1 aromatic rings. The van der Waals surface area contributed by atoms with Crippen LogP contribution in [0, 0.1) is 6.57 Å². The summed E-state index contributed by atoms with van der Waals surface area (Å²) in [6, 6.07) is 0. The van der Waals surface area contributed by atoms with Gasteiger partial charge >= 0.3 is 31.3 Å². The molecular formula is C22H33N2O9P. The molecule has 11 nitrogen and oxygen atoms in total. The van der Waals surface area contributed by atoms with Gasteiger partial charge in [-0.2, -0.15) is 0 Å². The Morgan fingerprint density at radius 2 is 1.59 bits per heavy atom. The number of aromatic amines is 1. The third-order valence-electron chi connectivity index (χ3n) is 4.51. The van der Waals surface area contributed by atoms with E-state index in [1.807, 2.05) is 0 Å². The van der Waals surface area contributed by atoms with Crippen molar-refractivity contribution < 1.29 is 42.2 Å². The normalized spacial score (nSPS) is 12.5. The first-order chi connectivity index (χ1) is 15.9. The molecule has 190 valence electrons. The SMILES string of the molecule is [C-]#[N+]C(c1[nH]c(C(=O)OC(C)(C)C)c(CCC(=O)OC)c1CC(=O)OC)P(=O)(OCC)OCC. The smallest absolute Gasteiger partial charge is 0.418 e. The van der Waals surface area contributed by atoms with E-state index >= 15 is 0 Å². The Bertz CT molecular complexity index is 962. The van der Waals surface area contributed by atoms with Crippen molar-refractivity contribution >= 4 is 25.5 Å². The molecule has 0 radical (unpaired) electrons. The number of aromatic nitrogens is 1. The number of nitrogens with one attached hydrogen (secondary N) is 1. The van der Waals surface area contributed by atoms with Gasteiger partial charge in [-0.1, -0.05) is 0 Å². The first-order valence-corrected chi connectivity index (χ1v) is 12.3. The lowest BCUT2D eigenvalue weighted by Gasteiger charge is -2.19. The molecule has 0 aliphatic heterocycles. The Labute approximate surface area is 199 Å². The number of methoxy groups -OCH3 is 2. The minimum Gasteiger partial charge on any atom is -0.469 e. The third-order valence-corrected chi connectivity index (χ3v) is 6.72. The van der Waals surface area contributed by atoms with Crippen molar-refractivity contribution in [2.45, 2.75) is 65.3 Å². The molecule has 12 heteroatoms. The Kier molecular flexibility index (Phi) is 11.0. The number of hydrogen-bond donors (Lipinski definition) is 1. The molecule has 0 aromatic carbocycles. The number of H-pyrrole nitrogens is 1. The van der Waals surface area contributed by atoms with Gasteiger partial charge in [0.1, 0.15) is 17.0 Å². The lowest BCUT2D eigenvalue weighted by molar-refractivity contribution is -0.141. The summed E-state index contributed by atoms with van der Waals surface area (Å²) in [5.74, 6) is -3.48. The van der Waals surface area contributed by atoms with Crippen molar-refractivity contribution in [2.24, 2.45) is 0 Å². The zero-order chi connectivity index (χ0) is 26.1. The minimum atomic E-state index is -4.03. The van der Waals surface area contributed by atoms with E-state index < -0.39 is 36.9 Å². The van der Waals surface area contributed by atoms with E-state index in [9.17, 15) is 18.9 Å². The maximum absolute atomic E-state index is 13.5. The van der Waals surface area contributed by atoms with Gasteiger partial charge in [-0.3, -0.25) is 19.0 Å². The molecule has 1 rings (SSSR count). The second kappa shape index (κ2) is 12.7. The fraction of sp³-hybridized carbons (Fsp3) is 0.636. The van der Waals surface area contributed by atoms with Gasteiger partial charge in [0.15, 0.2) is 0 Å². The highest BCUT2D eigenvalue weighted by Crippen LogP contribution is 2.62. The number of hydrogen-bond acceptors (Lipinski definition) is 9. The van der Waals surface area contributed by atoms with Crippen LogP contribution in [0.25, 0.3) is 4.85 Å². The molecule has 34 heavy (non-hydrogen) atoms. The number of carbonyl (C=O) groups excluding carboxylic acids is 3. The van der Waals surface area contributed by atoms with E-state index in [1.54, 1.807) is 34.6 Å². The van der Waals surface area contributed by atoms with Crippen LogP contribution in [-0.4, -0.2) is 55.9 Å². The molecule has 0 bridgehead atoms. The first-order valence-electron chi connectivity index (χ1n) is 10.7. The second-order valence-electron chi connectivity index (χ2n) is 8.08. The molecule has 1 unspecified atom stereocenters. The summed E-state index contributed by atoms with van der Waals surface area (Å²) in [4.78, 5) is 43.4. The first kappa shape index (κ1) is 29.4. The highest BCUT2D eigenvalue weighted by Gasteiger charge is 2.47. The fourth-order valence-electron chi connectivity index (χ4n) is 3.18. The number of esters is 3. The average molecular weight is 500 g/mol. The number of rotatable bonds is 12. The summed E-state index contributed by atoms with van der Waals surface area (Å²) in [5, 5.41) is 0. The van der Waals surface area contributed by atoms with Crippen LogP contribution in [0.2, 0.25) is 0 Å². The largest absolute Gasteiger partial charge is 0.469 e. The second-order valence-corrected chi connectivity index (χ2v) is 10.2. The van der Waals surface area contributed by atoms with Crippen LogP contribution in [0.4, 0.5) is 0 Å². The van der Waals surface area contributed by atoms with Crippen molar-refractivity contribution in [1.82, 2.24) is 4.98 Å². The van der Waals surface area contributed by atoms with Crippen LogP contribution >= 0.6 is 7.60 Å². The predicted octanol–water partition coefficient (Wildman–Crippen LogP) is 3.98. The van der Waals surface area contributed by atoms with Crippen molar-refractivity contribution in [3.63, 3.8) is 0 Å². The number of nitrogens with zero attached hydrogens (tertiary/aromatic N) is 1. The van der Waals surface area contributed by atoms with Crippen molar-refractivity contribution in [2.75, 3.05) is 27.4 Å². The molecule has 1 heterocycles. The Morgan fingerprint density at radius 1 is 1.03 bits per heavy atom. The minimum absolute atomic E-state index is 0.00443. The van der Waals surface area contributed by atoms with Gasteiger partial charge in [0.25, 0.3) is 0 Å². The fourth-order valence-corrected chi connectivity index (χ4v) is 4.93. The number of carbonyl (C=O) groups is 3. The van der Waals surface area contributed by atoms with Gasteiger partial charge in [0.2, 0.25) is 0 Å². The van der Waals surface area contributed by atoms with E-state index in [4.69, 9.17) is 29.8 Å². The van der Waals surface area contributed by atoms with Crippen LogP contribution in [0.3, 0.4) is 0 Å². The van der Waals surface area contributed by atoms with Crippen LogP contribution in [0.5, 0.6) is 0 Å². The molecule has 0 amide bonds. The van der Waals surface area contributed by atoms with Crippen LogP contribution < -0.4 is 0 Å². The van der Waals surface area contributed by atoms with Gasteiger partial charge in [-0.15, -0.1) is 0 Å². The molecule has 0 aliphatic rings.